The molecule has 3 N–H and O–H groups in total. The Morgan fingerprint density at radius 1 is 1.44 bits per heavy atom. The van der Waals surface area contributed by atoms with Gasteiger partial charge in [0.25, 0.3) is 0 Å². The molecule has 2 rings (SSSR count). The highest BCUT2D eigenvalue weighted by Gasteiger charge is 2.40. The molecule has 3 heteroatoms. The summed E-state index contributed by atoms with van der Waals surface area (Å²) in [6.07, 6.45) is 3.35. The third kappa shape index (κ3) is 1.52. The van der Waals surface area contributed by atoms with E-state index in [1.807, 2.05) is 19.9 Å². The summed E-state index contributed by atoms with van der Waals surface area (Å²) in [5.74, 6) is 0.360. The highest BCUT2D eigenvalue weighted by molar-refractivity contribution is 6.31. The molecule has 1 aromatic carbocycles. The van der Waals surface area contributed by atoms with E-state index in [1.54, 1.807) is 0 Å². The average molecular weight is 240 g/mol. The number of halogens is 1. The summed E-state index contributed by atoms with van der Waals surface area (Å²) in [7, 11) is 0. The van der Waals surface area contributed by atoms with Gasteiger partial charge in [0.1, 0.15) is 5.75 Å². The molecule has 16 heavy (non-hydrogen) atoms. The van der Waals surface area contributed by atoms with Gasteiger partial charge in [-0.2, -0.15) is 0 Å². The molecule has 0 amide bonds. The zero-order valence-electron chi connectivity index (χ0n) is 9.81. The van der Waals surface area contributed by atoms with Crippen LogP contribution in [0.1, 0.15) is 36.0 Å². The van der Waals surface area contributed by atoms with E-state index in [0.717, 1.165) is 34.6 Å². The van der Waals surface area contributed by atoms with Crippen molar-refractivity contribution < 1.29 is 5.11 Å². The molecule has 0 heterocycles. The summed E-state index contributed by atoms with van der Waals surface area (Å²) < 4.78 is 0. The molecule has 0 spiro atoms. The molecule has 2 nitrogen and oxygen atoms in total. The van der Waals surface area contributed by atoms with Crippen molar-refractivity contribution in [1.29, 1.82) is 0 Å². The Kier molecular flexibility index (Phi) is 2.89. The molecule has 0 radical (unpaired) electrons. The Hall–Kier alpha value is -0.730. The van der Waals surface area contributed by atoms with E-state index in [-0.39, 0.29) is 5.41 Å². The Morgan fingerprint density at radius 3 is 2.50 bits per heavy atom. The minimum Gasteiger partial charge on any atom is -0.507 e. The molecule has 0 bridgehead atoms. The quantitative estimate of drug-likeness (QED) is 0.833. The first-order valence-electron chi connectivity index (χ1n) is 5.71. The molecule has 88 valence electrons. The molecule has 1 aliphatic rings. The van der Waals surface area contributed by atoms with Crippen molar-refractivity contribution >= 4 is 11.6 Å². The Bertz CT molecular complexity index is 419. The van der Waals surface area contributed by atoms with E-state index in [2.05, 4.69) is 0 Å². The van der Waals surface area contributed by atoms with Crippen molar-refractivity contribution in [3.63, 3.8) is 0 Å². The zero-order chi connectivity index (χ0) is 11.9. The van der Waals surface area contributed by atoms with E-state index in [1.165, 1.54) is 6.42 Å². The summed E-state index contributed by atoms with van der Waals surface area (Å²) in [5, 5.41) is 10.7. The second-order valence-corrected chi connectivity index (χ2v) is 5.27. The van der Waals surface area contributed by atoms with Crippen LogP contribution >= 0.6 is 11.6 Å². The summed E-state index contributed by atoms with van der Waals surface area (Å²) in [6.45, 7) is 4.41. The highest BCUT2D eigenvalue weighted by atomic mass is 35.5. The van der Waals surface area contributed by atoms with Crippen molar-refractivity contribution in [2.45, 2.75) is 38.5 Å². The second kappa shape index (κ2) is 3.94. The van der Waals surface area contributed by atoms with Gasteiger partial charge in [-0.15, -0.1) is 0 Å². The lowest BCUT2D eigenvalue weighted by Gasteiger charge is -2.43. The van der Waals surface area contributed by atoms with Crippen molar-refractivity contribution in [1.82, 2.24) is 0 Å². The van der Waals surface area contributed by atoms with Crippen LogP contribution in [0.3, 0.4) is 0 Å². The molecule has 1 aliphatic carbocycles. The van der Waals surface area contributed by atoms with Crippen LogP contribution in [0.15, 0.2) is 6.07 Å². The normalized spacial score (nSPS) is 18.2. The summed E-state index contributed by atoms with van der Waals surface area (Å²) in [6, 6.07) is 1.84. The van der Waals surface area contributed by atoms with E-state index in [9.17, 15) is 5.11 Å². The van der Waals surface area contributed by atoms with Gasteiger partial charge in [-0.3, -0.25) is 0 Å². The third-order valence-electron chi connectivity index (χ3n) is 3.92. The number of nitrogens with two attached hydrogens (primary N) is 1. The van der Waals surface area contributed by atoms with Gasteiger partial charge >= 0.3 is 0 Å². The molecule has 1 fully saturated rings. The van der Waals surface area contributed by atoms with Crippen LogP contribution in [0.4, 0.5) is 0 Å². The predicted molar refractivity (Wildman–Crippen MR) is 67.2 cm³/mol. The largest absolute Gasteiger partial charge is 0.507 e. The number of hydrogen-bond acceptors (Lipinski definition) is 2. The Morgan fingerprint density at radius 2 is 2.06 bits per heavy atom. The maximum absolute atomic E-state index is 9.99. The summed E-state index contributed by atoms with van der Waals surface area (Å²) >= 11 is 6.32. The molecule has 1 saturated carbocycles. The highest BCUT2D eigenvalue weighted by Crippen LogP contribution is 2.48. The van der Waals surface area contributed by atoms with Gasteiger partial charge in [-0.1, -0.05) is 18.0 Å². The number of benzene rings is 1. The maximum atomic E-state index is 9.99. The number of rotatable bonds is 2. The lowest BCUT2D eigenvalue weighted by Crippen LogP contribution is -2.42. The minimum atomic E-state index is 0.00630. The fourth-order valence-electron chi connectivity index (χ4n) is 2.73. The number of aromatic hydroxyl groups is 1. The fraction of sp³-hybridized carbons (Fsp3) is 0.538. The van der Waals surface area contributed by atoms with Crippen molar-refractivity contribution in [2.75, 3.05) is 6.54 Å². The monoisotopic (exact) mass is 239 g/mol. The van der Waals surface area contributed by atoms with Gasteiger partial charge in [0.05, 0.1) is 0 Å². The Labute approximate surface area is 101 Å². The van der Waals surface area contributed by atoms with Crippen LogP contribution < -0.4 is 5.73 Å². The van der Waals surface area contributed by atoms with E-state index in [0.29, 0.717) is 12.3 Å². The first-order chi connectivity index (χ1) is 7.52. The zero-order valence-corrected chi connectivity index (χ0v) is 10.6. The topological polar surface area (TPSA) is 46.2 Å². The molecule has 0 saturated heterocycles. The first kappa shape index (κ1) is 11.7. The van der Waals surface area contributed by atoms with Gasteiger partial charge in [-0.25, -0.2) is 0 Å². The van der Waals surface area contributed by atoms with Gasteiger partial charge in [-0.05, 0) is 49.4 Å². The lowest BCUT2D eigenvalue weighted by molar-refractivity contribution is 0.251. The minimum absolute atomic E-state index is 0.00630. The lowest BCUT2D eigenvalue weighted by atomic mass is 9.63. The van der Waals surface area contributed by atoms with Crippen LogP contribution in [0.5, 0.6) is 5.75 Å². The van der Waals surface area contributed by atoms with Gasteiger partial charge < -0.3 is 10.8 Å². The molecule has 1 aromatic rings. The third-order valence-corrected chi connectivity index (χ3v) is 4.22. The van der Waals surface area contributed by atoms with Gasteiger partial charge in [0, 0.05) is 17.0 Å². The van der Waals surface area contributed by atoms with Crippen LogP contribution in [0, 0.1) is 13.8 Å². The SMILES string of the molecule is Cc1cc(Cl)c(C2(CN)CCC2)c(C)c1O. The second-order valence-electron chi connectivity index (χ2n) is 4.86. The fourth-order valence-corrected chi connectivity index (χ4v) is 3.24. The number of aryl methyl sites for hydroxylation is 1. The van der Waals surface area contributed by atoms with Crippen LogP contribution in [-0.2, 0) is 5.41 Å². The first-order valence-corrected chi connectivity index (χ1v) is 6.09. The standard InChI is InChI=1S/C13H18ClNO/c1-8-6-10(14)11(9(2)12(8)16)13(7-15)4-3-5-13/h6,16H,3-5,7,15H2,1-2H3. The number of hydrogen-bond donors (Lipinski definition) is 2. The van der Waals surface area contributed by atoms with Crippen molar-refractivity contribution in [3.8, 4) is 5.75 Å². The average Bonchev–Trinajstić information content (AvgIpc) is 2.18. The Balaban J connectivity index is 2.60. The summed E-state index contributed by atoms with van der Waals surface area (Å²) in [4.78, 5) is 0. The van der Waals surface area contributed by atoms with Crippen LogP contribution in [-0.4, -0.2) is 11.7 Å². The molecule has 0 atom stereocenters. The van der Waals surface area contributed by atoms with Gasteiger partial charge in [0.2, 0.25) is 0 Å². The molecular weight excluding hydrogens is 222 g/mol. The van der Waals surface area contributed by atoms with Crippen molar-refractivity contribution in [3.05, 3.63) is 27.8 Å². The van der Waals surface area contributed by atoms with E-state index in [4.69, 9.17) is 17.3 Å². The van der Waals surface area contributed by atoms with Crippen molar-refractivity contribution in [2.24, 2.45) is 5.73 Å². The van der Waals surface area contributed by atoms with Gasteiger partial charge in [0.15, 0.2) is 0 Å². The van der Waals surface area contributed by atoms with Crippen LogP contribution in [0.25, 0.3) is 0 Å². The molecule has 0 unspecified atom stereocenters. The summed E-state index contributed by atoms with van der Waals surface area (Å²) in [5.41, 5.74) is 8.68. The maximum Gasteiger partial charge on any atom is 0.121 e. The predicted octanol–water partition coefficient (Wildman–Crippen LogP) is 3.04. The number of phenolic OH excluding ortho intramolecular Hbond substituents is 1. The number of phenols is 1. The van der Waals surface area contributed by atoms with Crippen LogP contribution in [0.2, 0.25) is 5.02 Å². The molecule has 0 aliphatic heterocycles. The molecule has 0 aromatic heterocycles. The van der Waals surface area contributed by atoms with E-state index < -0.39 is 0 Å². The van der Waals surface area contributed by atoms with E-state index >= 15 is 0 Å². The molecular formula is C13H18ClNO. The smallest absolute Gasteiger partial charge is 0.121 e.